The van der Waals surface area contributed by atoms with Crippen molar-refractivity contribution in [3.63, 3.8) is 0 Å². The summed E-state index contributed by atoms with van der Waals surface area (Å²) in [5.41, 5.74) is 1.19. The van der Waals surface area contributed by atoms with Crippen molar-refractivity contribution in [2.45, 2.75) is 50.4 Å². The first kappa shape index (κ1) is 11.7. The van der Waals surface area contributed by atoms with Gasteiger partial charge in [0.2, 0.25) is 0 Å². The van der Waals surface area contributed by atoms with E-state index in [1.165, 1.54) is 44.9 Å². The highest BCUT2D eigenvalue weighted by Crippen LogP contribution is 2.62. The quantitative estimate of drug-likeness (QED) is 0.855. The van der Waals surface area contributed by atoms with Gasteiger partial charge in [0.25, 0.3) is 0 Å². The van der Waals surface area contributed by atoms with Crippen molar-refractivity contribution in [2.75, 3.05) is 13.6 Å². The Labute approximate surface area is 109 Å². The fourth-order valence-electron chi connectivity index (χ4n) is 4.34. The SMILES string of the molecule is CNCC1(c2cccs2)CC2(CCCCC2)C1. The minimum Gasteiger partial charge on any atom is -0.319 e. The van der Waals surface area contributed by atoms with Gasteiger partial charge in [-0.1, -0.05) is 25.3 Å². The van der Waals surface area contributed by atoms with Gasteiger partial charge in [0, 0.05) is 16.8 Å². The van der Waals surface area contributed by atoms with Crippen LogP contribution in [-0.2, 0) is 5.41 Å². The van der Waals surface area contributed by atoms with Crippen LogP contribution < -0.4 is 5.32 Å². The summed E-state index contributed by atoms with van der Waals surface area (Å²) in [5.74, 6) is 0. The van der Waals surface area contributed by atoms with E-state index in [4.69, 9.17) is 0 Å². The Kier molecular flexibility index (Phi) is 3.04. The molecule has 94 valence electrons. The second kappa shape index (κ2) is 4.40. The molecular weight excluding hydrogens is 226 g/mol. The summed E-state index contributed by atoms with van der Waals surface area (Å²) in [5, 5.41) is 5.66. The zero-order valence-corrected chi connectivity index (χ0v) is 11.6. The van der Waals surface area contributed by atoms with Crippen LogP contribution in [0.15, 0.2) is 17.5 Å². The number of hydrogen-bond donors (Lipinski definition) is 1. The van der Waals surface area contributed by atoms with Crippen LogP contribution in [0.4, 0.5) is 0 Å². The Morgan fingerprint density at radius 3 is 2.59 bits per heavy atom. The normalized spacial score (nSPS) is 25.7. The second-order valence-corrected chi connectivity index (χ2v) is 7.15. The monoisotopic (exact) mass is 249 g/mol. The van der Waals surface area contributed by atoms with Crippen LogP contribution in [0.25, 0.3) is 0 Å². The molecule has 1 heterocycles. The van der Waals surface area contributed by atoms with Crippen molar-refractivity contribution in [3.05, 3.63) is 22.4 Å². The Bertz CT molecular complexity index is 354. The van der Waals surface area contributed by atoms with Crippen molar-refractivity contribution < 1.29 is 0 Å². The molecule has 0 radical (unpaired) electrons. The number of hydrogen-bond acceptors (Lipinski definition) is 2. The molecule has 0 amide bonds. The Hall–Kier alpha value is -0.340. The zero-order valence-electron chi connectivity index (χ0n) is 10.8. The molecule has 3 rings (SSSR count). The van der Waals surface area contributed by atoms with E-state index in [-0.39, 0.29) is 0 Å². The van der Waals surface area contributed by atoms with E-state index in [9.17, 15) is 0 Å². The first-order valence-corrected chi connectivity index (χ1v) is 7.85. The second-order valence-electron chi connectivity index (χ2n) is 6.20. The van der Waals surface area contributed by atoms with E-state index in [0.717, 1.165) is 12.0 Å². The molecule has 2 saturated carbocycles. The average Bonchev–Trinajstić information content (AvgIpc) is 2.82. The van der Waals surface area contributed by atoms with Crippen LogP contribution >= 0.6 is 11.3 Å². The maximum Gasteiger partial charge on any atom is 0.0182 e. The van der Waals surface area contributed by atoms with Gasteiger partial charge in [-0.15, -0.1) is 11.3 Å². The highest BCUT2D eigenvalue weighted by molar-refractivity contribution is 7.10. The summed E-state index contributed by atoms with van der Waals surface area (Å²) < 4.78 is 0. The molecule has 1 nitrogen and oxygen atoms in total. The molecule has 2 aliphatic carbocycles. The van der Waals surface area contributed by atoms with Gasteiger partial charge in [0.1, 0.15) is 0 Å². The highest BCUT2D eigenvalue weighted by atomic mass is 32.1. The third-order valence-electron chi connectivity index (χ3n) is 4.90. The molecule has 2 aliphatic rings. The van der Waals surface area contributed by atoms with Gasteiger partial charge in [-0.05, 0) is 49.6 Å². The summed E-state index contributed by atoms with van der Waals surface area (Å²) in [4.78, 5) is 1.61. The van der Waals surface area contributed by atoms with Crippen molar-refractivity contribution >= 4 is 11.3 Å². The smallest absolute Gasteiger partial charge is 0.0182 e. The zero-order chi connectivity index (χ0) is 11.8. The first-order valence-electron chi connectivity index (χ1n) is 6.97. The maximum atomic E-state index is 3.43. The number of rotatable bonds is 3. The molecule has 0 saturated heterocycles. The standard InChI is InChI=1S/C15H23NS/c1-16-12-15(13-6-5-9-17-13)10-14(11-15)7-3-2-4-8-14/h5-6,9,16H,2-4,7-8,10-12H2,1H3. The first-order chi connectivity index (χ1) is 8.29. The lowest BCUT2D eigenvalue weighted by Crippen LogP contribution is -2.54. The molecule has 2 fully saturated rings. The summed E-state index contributed by atoms with van der Waals surface area (Å²) in [6, 6.07) is 4.56. The summed E-state index contributed by atoms with van der Waals surface area (Å²) in [6.07, 6.45) is 10.3. The average molecular weight is 249 g/mol. The number of nitrogens with one attached hydrogen (secondary N) is 1. The van der Waals surface area contributed by atoms with E-state index < -0.39 is 0 Å². The lowest BCUT2D eigenvalue weighted by Gasteiger charge is -2.58. The van der Waals surface area contributed by atoms with Crippen molar-refractivity contribution in [1.29, 1.82) is 0 Å². The Morgan fingerprint density at radius 1 is 1.24 bits per heavy atom. The van der Waals surface area contributed by atoms with Gasteiger partial charge >= 0.3 is 0 Å². The van der Waals surface area contributed by atoms with Gasteiger partial charge in [-0.3, -0.25) is 0 Å². The van der Waals surface area contributed by atoms with Gasteiger partial charge in [-0.25, -0.2) is 0 Å². The molecule has 0 aliphatic heterocycles. The van der Waals surface area contributed by atoms with Crippen LogP contribution in [0.5, 0.6) is 0 Å². The van der Waals surface area contributed by atoms with Gasteiger partial charge in [-0.2, -0.15) is 0 Å². The molecule has 0 atom stereocenters. The van der Waals surface area contributed by atoms with Crippen molar-refractivity contribution in [3.8, 4) is 0 Å². The molecule has 1 aromatic rings. The topological polar surface area (TPSA) is 12.0 Å². The third-order valence-corrected chi connectivity index (χ3v) is 6.02. The van der Waals surface area contributed by atoms with E-state index in [2.05, 4.69) is 29.9 Å². The maximum absolute atomic E-state index is 3.43. The molecule has 1 N–H and O–H groups in total. The van der Waals surface area contributed by atoms with Crippen LogP contribution in [0.1, 0.15) is 49.8 Å². The minimum atomic E-state index is 0.472. The van der Waals surface area contributed by atoms with E-state index >= 15 is 0 Å². The molecule has 0 unspecified atom stereocenters. The predicted octanol–water partition coefficient (Wildman–Crippen LogP) is 3.95. The van der Waals surface area contributed by atoms with Crippen LogP contribution in [0.2, 0.25) is 0 Å². The number of likely N-dealkylation sites (N-methyl/N-ethyl adjacent to an activating group) is 1. The van der Waals surface area contributed by atoms with E-state index in [1.807, 2.05) is 11.3 Å². The molecule has 17 heavy (non-hydrogen) atoms. The fraction of sp³-hybridized carbons (Fsp3) is 0.733. The van der Waals surface area contributed by atoms with Crippen LogP contribution in [0, 0.1) is 5.41 Å². The van der Waals surface area contributed by atoms with Gasteiger partial charge in [0.05, 0.1) is 0 Å². The van der Waals surface area contributed by atoms with Crippen LogP contribution in [-0.4, -0.2) is 13.6 Å². The Morgan fingerprint density at radius 2 is 2.00 bits per heavy atom. The van der Waals surface area contributed by atoms with Gasteiger partial charge in [0.15, 0.2) is 0 Å². The summed E-state index contributed by atoms with van der Waals surface area (Å²) in [6.45, 7) is 1.16. The van der Waals surface area contributed by atoms with E-state index in [0.29, 0.717) is 5.41 Å². The lowest BCUT2D eigenvalue weighted by atomic mass is 9.48. The molecule has 2 heteroatoms. The van der Waals surface area contributed by atoms with Gasteiger partial charge < -0.3 is 5.32 Å². The molecule has 0 bridgehead atoms. The fourth-order valence-corrected chi connectivity index (χ4v) is 5.27. The lowest BCUT2D eigenvalue weighted by molar-refractivity contribution is -0.00992. The van der Waals surface area contributed by atoms with E-state index in [1.54, 1.807) is 4.88 Å². The minimum absolute atomic E-state index is 0.472. The molecule has 0 aromatic carbocycles. The predicted molar refractivity (Wildman–Crippen MR) is 74.7 cm³/mol. The highest BCUT2D eigenvalue weighted by Gasteiger charge is 2.54. The molecule has 1 spiro atoms. The molecule has 1 aromatic heterocycles. The van der Waals surface area contributed by atoms with Crippen molar-refractivity contribution in [1.82, 2.24) is 5.32 Å². The molecular formula is C15H23NS. The summed E-state index contributed by atoms with van der Waals surface area (Å²) in [7, 11) is 2.10. The number of thiophene rings is 1. The largest absolute Gasteiger partial charge is 0.319 e. The summed E-state index contributed by atoms with van der Waals surface area (Å²) >= 11 is 1.95. The van der Waals surface area contributed by atoms with Crippen LogP contribution in [0.3, 0.4) is 0 Å². The van der Waals surface area contributed by atoms with Crippen molar-refractivity contribution in [2.24, 2.45) is 5.41 Å². The Balaban J connectivity index is 1.77. The third kappa shape index (κ3) is 1.96.